The van der Waals surface area contributed by atoms with Gasteiger partial charge in [-0.15, -0.1) is 0 Å². The summed E-state index contributed by atoms with van der Waals surface area (Å²) in [6.07, 6.45) is 8.24. The first kappa shape index (κ1) is 27.5. The minimum Gasteiger partial charge on any atom is -0.544 e. The predicted molar refractivity (Wildman–Crippen MR) is 91.2 cm³/mol. The molecule has 25 heavy (non-hydrogen) atoms. The molecule has 6 nitrogen and oxygen atoms in total. The Bertz CT molecular complexity index is 392. The summed E-state index contributed by atoms with van der Waals surface area (Å²) in [6, 6.07) is -1.77. The van der Waals surface area contributed by atoms with Gasteiger partial charge in [-0.05, 0) is 32.6 Å². The second-order valence-electron chi connectivity index (χ2n) is 6.20. The summed E-state index contributed by atoms with van der Waals surface area (Å²) in [4.78, 5) is 23.4. The molecular formula is C18H33KNO5+. The first-order valence-corrected chi connectivity index (χ1v) is 8.93. The third-order valence-corrected chi connectivity index (χ3v) is 4.77. The Morgan fingerprint density at radius 1 is 1.08 bits per heavy atom. The largest absolute Gasteiger partial charge is 1.00 e. The van der Waals surface area contributed by atoms with Crippen LogP contribution in [0.1, 0.15) is 59.3 Å². The molecular weight excluding hydrogens is 349 g/mol. The molecule has 0 rings (SSSR count). The number of carbonyl (C=O) groups excluding carboxylic acids is 1. The summed E-state index contributed by atoms with van der Waals surface area (Å²) in [5, 5.41) is 30.8. The number of aliphatic carboxylic acids is 2. The molecule has 0 amide bonds. The van der Waals surface area contributed by atoms with Crippen molar-refractivity contribution in [1.82, 2.24) is 0 Å². The summed E-state index contributed by atoms with van der Waals surface area (Å²) in [5.74, 6) is -2.25. The number of carboxylic acid groups (broad SMARTS) is 2. The summed E-state index contributed by atoms with van der Waals surface area (Å²) in [5.41, 5.74) is 0. The Morgan fingerprint density at radius 3 is 2.08 bits per heavy atom. The topological polar surface area (TPSA) is 97.7 Å². The van der Waals surface area contributed by atoms with Gasteiger partial charge in [0.25, 0.3) is 0 Å². The van der Waals surface area contributed by atoms with E-state index in [0.29, 0.717) is 13.0 Å². The van der Waals surface area contributed by atoms with E-state index in [4.69, 9.17) is 0 Å². The van der Waals surface area contributed by atoms with E-state index in [0.717, 1.165) is 25.7 Å². The third kappa shape index (κ3) is 8.64. The number of nitrogens with zero attached hydrogens (tertiary/aromatic N) is 1. The molecule has 0 aromatic rings. The van der Waals surface area contributed by atoms with E-state index in [9.17, 15) is 24.9 Å². The fraction of sp³-hybridized carbons (Fsp3) is 0.778. The van der Waals surface area contributed by atoms with Crippen LogP contribution in [0.3, 0.4) is 0 Å². The molecule has 2 N–H and O–H groups in total. The number of quaternary nitrogens is 1. The van der Waals surface area contributed by atoms with E-state index in [1.807, 2.05) is 13.0 Å². The third-order valence-electron chi connectivity index (χ3n) is 4.77. The van der Waals surface area contributed by atoms with Crippen LogP contribution >= 0.6 is 0 Å². The smallest absolute Gasteiger partial charge is 0.544 e. The number of hydrogen-bond donors (Lipinski definition) is 2. The summed E-state index contributed by atoms with van der Waals surface area (Å²) < 4.78 is -0.134. The van der Waals surface area contributed by atoms with Gasteiger partial charge in [-0.1, -0.05) is 26.0 Å². The van der Waals surface area contributed by atoms with Gasteiger partial charge in [0.1, 0.15) is 12.6 Å². The molecule has 3 unspecified atom stereocenters. The van der Waals surface area contributed by atoms with E-state index < -0.39 is 24.0 Å². The Kier molecular flexibility index (Phi) is 16.8. The fourth-order valence-electron chi connectivity index (χ4n) is 3.65. The number of carbonyl (C=O) groups is 2. The van der Waals surface area contributed by atoms with Gasteiger partial charge in [0.15, 0.2) is 6.04 Å². The summed E-state index contributed by atoms with van der Waals surface area (Å²) >= 11 is 0. The predicted octanol–water partition coefficient (Wildman–Crippen LogP) is -1.67. The van der Waals surface area contributed by atoms with E-state index in [2.05, 4.69) is 6.08 Å². The van der Waals surface area contributed by atoms with Gasteiger partial charge >= 0.3 is 57.4 Å². The average Bonchev–Trinajstić information content (AvgIpc) is 2.51. The molecule has 0 heterocycles. The Hall–Kier alpha value is 0.236. The maximum Gasteiger partial charge on any atom is 1.00 e. The van der Waals surface area contributed by atoms with Crippen LogP contribution in [0.2, 0.25) is 0 Å². The van der Waals surface area contributed by atoms with Crippen molar-refractivity contribution >= 4 is 11.9 Å². The minimum absolute atomic E-state index is 0. The Labute approximate surface area is 194 Å². The van der Waals surface area contributed by atoms with E-state index in [1.54, 1.807) is 13.8 Å². The second kappa shape index (κ2) is 15.3. The van der Waals surface area contributed by atoms with E-state index in [-0.39, 0.29) is 75.4 Å². The molecule has 0 aromatic heterocycles. The van der Waals surface area contributed by atoms with Crippen LogP contribution in [0.4, 0.5) is 0 Å². The normalized spacial score (nSPS) is 16.0. The molecule has 0 saturated heterocycles. The maximum absolute atomic E-state index is 11.7. The van der Waals surface area contributed by atoms with Crippen LogP contribution < -0.4 is 56.5 Å². The van der Waals surface area contributed by atoms with Gasteiger partial charge in [-0.3, -0.25) is 0 Å². The summed E-state index contributed by atoms with van der Waals surface area (Å²) in [6.45, 7) is 5.74. The van der Waals surface area contributed by atoms with Crippen LogP contribution in [0.25, 0.3) is 0 Å². The Morgan fingerprint density at radius 2 is 1.68 bits per heavy atom. The quantitative estimate of drug-likeness (QED) is 0.162. The second-order valence-corrected chi connectivity index (χ2v) is 6.20. The molecule has 0 aromatic carbocycles. The van der Waals surface area contributed by atoms with Gasteiger partial charge in [0, 0.05) is 12.8 Å². The molecule has 0 radical (unpaired) electrons. The van der Waals surface area contributed by atoms with Gasteiger partial charge in [0.2, 0.25) is 0 Å². The van der Waals surface area contributed by atoms with Gasteiger partial charge in [-0.2, -0.15) is 0 Å². The van der Waals surface area contributed by atoms with Crippen molar-refractivity contribution in [3.05, 3.63) is 12.2 Å². The molecule has 0 aliphatic rings. The number of allylic oxidation sites excluding steroid dienone is 2. The SMILES string of the molecule is C/C=C/CCCCC[N+](CCO)(C(CC)C(=O)[O-])C(CC)C(=O)O.[K+]. The number of unbranched alkanes of at least 4 members (excludes halogenated alkanes) is 3. The van der Waals surface area contributed by atoms with Crippen LogP contribution in [0.5, 0.6) is 0 Å². The molecule has 0 saturated carbocycles. The van der Waals surface area contributed by atoms with Crippen LogP contribution in [-0.2, 0) is 9.59 Å². The molecule has 7 heteroatoms. The van der Waals surface area contributed by atoms with Crippen molar-refractivity contribution in [1.29, 1.82) is 0 Å². The van der Waals surface area contributed by atoms with Crippen LogP contribution in [-0.4, -0.2) is 58.4 Å². The minimum atomic E-state index is -1.24. The van der Waals surface area contributed by atoms with Crippen LogP contribution in [0, 0.1) is 0 Å². The average molecular weight is 383 g/mol. The maximum atomic E-state index is 11.7. The number of carboxylic acids is 2. The molecule has 0 aliphatic heterocycles. The van der Waals surface area contributed by atoms with Crippen molar-refractivity contribution in [2.45, 2.75) is 71.4 Å². The molecule has 3 atom stereocenters. The first-order valence-electron chi connectivity index (χ1n) is 8.93. The molecule has 140 valence electrons. The Balaban J connectivity index is 0. The molecule has 0 aliphatic carbocycles. The zero-order chi connectivity index (χ0) is 18.6. The zero-order valence-corrected chi connectivity index (χ0v) is 19.4. The fourth-order valence-corrected chi connectivity index (χ4v) is 3.65. The van der Waals surface area contributed by atoms with Gasteiger partial charge in [0.05, 0.1) is 19.1 Å². The number of aliphatic hydroxyl groups is 1. The van der Waals surface area contributed by atoms with Crippen molar-refractivity contribution in [2.24, 2.45) is 0 Å². The van der Waals surface area contributed by atoms with Crippen molar-refractivity contribution in [3.63, 3.8) is 0 Å². The van der Waals surface area contributed by atoms with Crippen molar-refractivity contribution < 1.29 is 80.8 Å². The monoisotopic (exact) mass is 382 g/mol. The first-order chi connectivity index (χ1) is 11.4. The molecule has 0 fully saturated rings. The number of aliphatic hydroxyl groups excluding tert-OH is 1. The van der Waals surface area contributed by atoms with Gasteiger partial charge in [-0.25, -0.2) is 4.79 Å². The number of hydrogen-bond acceptors (Lipinski definition) is 4. The summed E-state index contributed by atoms with van der Waals surface area (Å²) in [7, 11) is 0. The molecule has 0 bridgehead atoms. The molecule has 0 spiro atoms. The van der Waals surface area contributed by atoms with E-state index in [1.165, 1.54) is 0 Å². The van der Waals surface area contributed by atoms with Gasteiger partial charge < -0.3 is 24.6 Å². The van der Waals surface area contributed by atoms with Crippen molar-refractivity contribution in [2.75, 3.05) is 19.7 Å². The number of rotatable bonds is 14. The van der Waals surface area contributed by atoms with Crippen molar-refractivity contribution in [3.8, 4) is 0 Å². The van der Waals surface area contributed by atoms with E-state index >= 15 is 0 Å². The standard InChI is InChI=1S/C18H33NO5.K/c1-4-7-8-9-10-11-12-19(13-14-20,15(5-2)17(21)22)16(6-3)18(23)24;/h4,7,15-16,20H,5-6,8-14H2,1-3H3,(H-,21,22,23,24);/q;+1/b7-4+;. The van der Waals surface area contributed by atoms with Crippen LogP contribution in [0.15, 0.2) is 12.2 Å². The zero-order valence-electron chi connectivity index (χ0n) is 16.2.